The first-order valence-electron chi connectivity index (χ1n) is 10.4. The number of nitrogens with one attached hydrogen (secondary N) is 2. The van der Waals surface area contributed by atoms with Crippen molar-refractivity contribution in [1.82, 2.24) is 9.97 Å². The van der Waals surface area contributed by atoms with Crippen LogP contribution >= 0.6 is 23.4 Å². The maximum absolute atomic E-state index is 13.4. The van der Waals surface area contributed by atoms with Crippen molar-refractivity contribution in [2.75, 3.05) is 11.1 Å². The third-order valence-corrected chi connectivity index (χ3v) is 8.17. The van der Waals surface area contributed by atoms with Crippen molar-refractivity contribution in [1.29, 1.82) is 0 Å². The standard InChI is InChI=1S/C25H22ClN3O3S2/c1-16-8-12-20(13-9-16)34(31,32)25-24(28-23(29-25)18-6-4-3-5-7-18)33-15-22(30)27-21-14-19(26)11-10-17(21)2/h3-14H,15H2,1-2H3,(H,27,30)(H,28,29). The summed E-state index contributed by atoms with van der Waals surface area (Å²) in [5.74, 6) is 0.0970. The minimum absolute atomic E-state index is 0.0263. The molecule has 0 aliphatic rings. The summed E-state index contributed by atoms with van der Waals surface area (Å²) in [5.41, 5.74) is 3.18. The monoisotopic (exact) mass is 511 g/mol. The van der Waals surface area contributed by atoms with E-state index in [2.05, 4.69) is 15.3 Å². The fourth-order valence-corrected chi connectivity index (χ4v) is 5.83. The van der Waals surface area contributed by atoms with E-state index in [4.69, 9.17) is 11.6 Å². The van der Waals surface area contributed by atoms with Gasteiger partial charge in [0.15, 0.2) is 5.03 Å². The summed E-state index contributed by atoms with van der Waals surface area (Å²) in [4.78, 5) is 20.3. The SMILES string of the molecule is Cc1ccc(S(=O)(=O)c2[nH]c(-c3ccccc3)nc2SCC(=O)Nc2cc(Cl)ccc2C)cc1. The number of nitrogens with zero attached hydrogens (tertiary/aromatic N) is 1. The number of aromatic nitrogens is 2. The second kappa shape index (κ2) is 10.0. The number of aromatic amines is 1. The summed E-state index contributed by atoms with van der Waals surface area (Å²) in [5, 5.41) is 3.54. The summed E-state index contributed by atoms with van der Waals surface area (Å²) < 4.78 is 26.9. The summed E-state index contributed by atoms with van der Waals surface area (Å²) in [6, 6.07) is 21.1. The van der Waals surface area contributed by atoms with E-state index in [9.17, 15) is 13.2 Å². The number of sulfone groups is 1. The van der Waals surface area contributed by atoms with Crippen molar-refractivity contribution in [3.05, 3.63) is 88.9 Å². The molecule has 0 bridgehead atoms. The lowest BCUT2D eigenvalue weighted by Gasteiger charge is -2.09. The van der Waals surface area contributed by atoms with Gasteiger partial charge in [0.2, 0.25) is 15.7 Å². The molecule has 2 N–H and O–H groups in total. The van der Waals surface area contributed by atoms with Crippen molar-refractivity contribution in [3.8, 4) is 11.4 Å². The fourth-order valence-electron chi connectivity index (χ4n) is 3.24. The van der Waals surface area contributed by atoms with Crippen LogP contribution in [0.5, 0.6) is 0 Å². The Kier molecular flexibility index (Phi) is 7.11. The minimum atomic E-state index is -3.88. The molecule has 0 saturated carbocycles. The highest BCUT2D eigenvalue weighted by Gasteiger charge is 2.27. The van der Waals surface area contributed by atoms with Gasteiger partial charge in [-0.2, -0.15) is 0 Å². The number of hydrogen-bond donors (Lipinski definition) is 2. The van der Waals surface area contributed by atoms with Crippen molar-refractivity contribution in [3.63, 3.8) is 0 Å². The molecule has 3 aromatic carbocycles. The van der Waals surface area contributed by atoms with Crippen LogP contribution in [0.3, 0.4) is 0 Å². The molecular formula is C25H22ClN3O3S2. The average molecular weight is 512 g/mol. The molecule has 0 spiro atoms. The van der Waals surface area contributed by atoms with Gasteiger partial charge in [-0.05, 0) is 43.7 Å². The van der Waals surface area contributed by atoms with Crippen LogP contribution in [-0.4, -0.2) is 30.0 Å². The summed E-state index contributed by atoms with van der Waals surface area (Å²) in [6.45, 7) is 3.76. The number of imidazole rings is 1. The normalized spacial score (nSPS) is 11.4. The molecule has 0 saturated heterocycles. The first kappa shape index (κ1) is 24.1. The number of carbonyl (C=O) groups excluding carboxylic acids is 1. The first-order chi connectivity index (χ1) is 16.2. The fraction of sp³-hybridized carbons (Fsp3) is 0.120. The molecule has 174 valence electrons. The molecule has 6 nitrogen and oxygen atoms in total. The second-order valence-electron chi connectivity index (χ2n) is 7.70. The van der Waals surface area contributed by atoms with E-state index in [1.165, 1.54) is 0 Å². The van der Waals surface area contributed by atoms with Crippen LogP contribution in [0.1, 0.15) is 11.1 Å². The number of aryl methyl sites for hydroxylation is 2. The summed E-state index contributed by atoms with van der Waals surface area (Å²) in [7, 11) is -3.88. The predicted molar refractivity (Wildman–Crippen MR) is 136 cm³/mol. The van der Waals surface area contributed by atoms with E-state index < -0.39 is 9.84 Å². The quantitative estimate of drug-likeness (QED) is 0.301. The van der Waals surface area contributed by atoms with Gasteiger partial charge in [-0.25, -0.2) is 13.4 Å². The van der Waals surface area contributed by atoms with Crippen molar-refractivity contribution in [2.45, 2.75) is 28.8 Å². The molecule has 0 aliphatic carbocycles. The van der Waals surface area contributed by atoms with Crippen molar-refractivity contribution >= 4 is 44.8 Å². The van der Waals surface area contributed by atoms with E-state index in [0.717, 1.165) is 28.5 Å². The molecule has 1 amide bonds. The van der Waals surface area contributed by atoms with E-state index in [0.29, 0.717) is 16.5 Å². The molecular weight excluding hydrogens is 490 g/mol. The highest BCUT2D eigenvalue weighted by molar-refractivity contribution is 8.00. The maximum Gasteiger partial charge on any atom is 0.234 e. The number of H-pyrrole nitrogens is 1. The number of thioether (sulfide) groups is 1. The molecule has 1 aromatic heterocycles. The third kappa shape index (κ3) is 5.35. The molecule has 0 aliphatic heterocycles. The zero-order valence-corrected chi connectivity index (χ0v) is 20.9. The number of hydrogen-bond acceptors (Lipinski definition) is 5. The number of amides is 1. The number of rotatable bonds is 7. The Labute approximate surface area is 207 Å². The Hall–Kier alpha value is -3.07. The number of carbonyl (C=O) groups is 1. The van der Waals surface area contributed by atoms with Crippen LogP contribution in [0, 0.1) is 13.8 Å². The van der Waals surface area contributed by atoms with E-state index >= 15 is 0 Å². The number of halogens is 1. The van der Waals surface area contributed by atoms with Crippen molar-refractivity contribution in [2.24, 2.45) is 0 Å². The van der Waals surface area contributed by atoms with Gasteiger partial charge < -0.3 is 10.3 Å². The molecule has 4 rings (SSSR count). The molecule has 9 heteroatoms. The topological polar surface area (TPSA) is 91.9 Å². The number of benzene rings is 3. The molecule has 0 fully saturated rings. The number of anilines is 1. The summed E-state index contributed by atoms with van der Waals surface area (Å²) >= 11 is 7.09. The molecule has 34 heavy (non-hydrogen) atoms. The maximum atomic E-state index is 13.4. The third-order valence-electron chi connectivity index (χ3n) is 5.10. The van der Waals surface area contributed by atoms with Crippen LogP contribution in [0.4, 0.5) is 5.69 Å². The summed E-state index contributed by atoms with van der Waals surface area (Å²) in [6.07, 6.45) is 0. The zero-order chi connectivity index (χ0) is 24.3. The Balaban J connectivity index is 1.64. The van der Waals surface area contributed by atoms with Gasteiger partial charge in [0.05, 0.1) is 10.6 Å². The lowest BCUT2D eigenvalue weighted by Crippen LogP contribution is -2.15. The Bertz CT molecular complexity index is 1430. The molecule has 0 radical (unpaired) electrons. The van der Waals surface area contributed by atoms with Gasteiger partial charge in [0.1, 0.15) is 10.9 Å². The largest absolute Gasteiger partial charge is 0.328 e. The van der Waals surface area contributed by atoms with Crippen LogP contribution in [0.25, 0.3) is 11.4 Å². The highest BCUT2D eigenvalue weighted by Crippen LogP contribution is 2.32. The van der Waals surface area contributed by atoms with Crippen LogP contribution in [0.15, 0.2) is 87.7 Å². The Morgan fingerprint density at radius 2 is 1.74 bits per heavy atom. The average Bonchev–Trinajstić information content (AvgIpc) is 3.26. The Morgan fingerprint density at radius 3 is 2.44 bits per heavy atom. The van der Waals surface area contributed by atoms with Gasteiger partial charge in [0.25, 0.3) is 0 Å². The van der Waals surface area contributed by atoms with Gasteiger partial charge in [-0.1, -0.05) is 77.5 Å². The van der Waals surface area contributed by atoms with Crippen LogP contribution in [-0.2, 0) is 14.6 Å². The predicted octanol–water partition coefficient (Wildman–Crippen LogP) is 5.91. The lowest BCUT2D eigenvalue weighted by molar-refractivity contribution is -0.113. The van der Waals surface area contributed by atoms with Crippen LogP contribution in [0.2, 0.25) is 5.02 Å². The van der Waals surface area contributed by atoms with Gasteiger partial charge in [-0.15, -0.1) is 0 Å². The molecule has 4 aromatic rings. The van der Waals surface area contributed by atoms with Gasteiger partial charge in [0, 0.05) is 16.3 Å². The van der Waals surface area contributed by atoms with E-state index in [-0.39, 0.29) is 26.6 Å². The van der Waals surface area contributed by atoms with Gasteiger partial charge in [-0.3, -0.25) is 4.79 Å². The van der Waals surface area contributed by atoms with E-state index in [1.807, 2.05) is 50.2 Å². The second-order valence-corrected chi connectivity index (χ2v) is 11.0. The minimum Gasteiger partial charge on any atom is -0.328 e. The molecule has 0 atom stereocenters. The van der Waals surface area contributed by atoms with Crippen molar-refractivity contribution < 1.29 is 13.2 Å². The lowest BCUT2D eigenvalue weighted by atomic mass is 10.2. The smallest absolute Gasteiger partial charge is 0.234 e. The van der Waals surface area contributed by atoms with Gasteiger partial charge >= 0.3 is 0 Å². The highest BCUT2D eigenvalue weighted by atomic mass is 35.5. The Morgan fingerprint density at radius 1 is 1.03 bits per heavy atom. The first-order valence-corrected chi connectivity index (χ1v) is 13.2. The zero-order valence-electron chi connectivity index (χ0n) is 18.5. The van der Waals surface area contributed by atoms with Crippen LogP contribution < -0.4 is 5.32 Å². The molecule has 1 heterocycles. The van der Waals surface area contributed by atoms with E-state index in [1.54, 1.807) is 36.4 Å². The molecule has 0 unspecified atom stereocenters.